The van der Waals surface area contributed by atoms with Crippen LogP contribution in [0.15, 0.2) is 72.8 Å². The van der Waals surface area contributed by atoms with E-state index in [1.54, 1.807) is 12.1 Å². The molecule has 0 bridgehead atoms. The lowest BCUT2D eigenvalue weighted by atomic mass is 9.95. The second-order valence-corrected chi connectivity index (χ2v) is 10.2. The van der Waals surface area contributed by atoms with Gasteiger partial charge in [0, 0.05) is 32.3 Å². The summed E-state index contributed by atoms with van der Waals surface area (Å²) in [6, 6.07) is 22.5. The Bertz CT molecular complexity index is 1320. The summed E-state index contributed by atoms with van der Waals surface area (Å²) in [5.74, 6) is 0.493. The third-order valence-electron chi connectivity index (χ3n) is 6.19. The minimum Gasteiger partial charge on any atom is -0.348 e. The fourth-order valence-corrected chi connectivity index (χ4v) is 5.27. The average Bonchev–Trinajstić information content (AvgIpc) is 3.30. The van der Waals surface area contributed by atoms with E-state index in [9.17, 15) is 9.59 Å². The summed E-state index contributed by atoms with van der Waals surface area (Å²) >= 11 is 2.45. The molecule has 5 rings (SSSR count). The number of carbonyl (C=O) groups is 2. The fourth-order valence-electron chi connectivity index (χ4n) is 4.29. The van der Waals surface area contributed by atoms with E-state index in [0.717, 1.165) is 35.1 Å². The lowest BCUT2D eigenvalue weighted by Gasteiger charge is -2.28. The number of aromatic amines is 1. The van der Waals surface area contributed by atoms with E-state index in [2.05, 4.69) is 43.2 Å². The highest BCUT2D eigenvalue weighted by Crippen LogP contribution is 2.26. The third kappa shape index (κ3) is 4.99. The fraction of sp³-hybridized carbons (Fsp3) is 0.222. The number of rotatable bonds is 5. The normalized spacial score (nSPS) is 17.9. The molecule has 3 aromatic carbocycles. The number of aromatic nitrogens is 2. The molecule has 0 saturated heterocycles. The Morgan fingerprint density at radius 3 is 2.38 bits per heavy atom. The number of nitrogens with zero attached hydrogens (tertiary/aromatic N) is 1. The smallest absolute Gasteiger partial charge is 0.255 e. The quantitative estimate of drug-likeness (QED) is 0.207. The molecule has 172 valence electrons. The van der Waals surface area contributed by atoms with Gasteiger partial charge >= 0.3 is 0 Å². The predicted octanol–water partition coefficient (Wildman–Crippen LogP) is 5.96. The van der Waals surface area contributed by atoms with Crippen molar-refractivity contribution in [1.29, 1.82) is 0 Å². The van der Waals surface area contributed by atoms with Gasteiger partial charge in [0.15, 0.2) is 0 Å². The summed E-state index contributed by atoms with van der Waals surface area (Å²) in [5.41, 5.74) is 4.39. The van der Waals surface area contributed by atoms with Crippen molar-refractivity contribution in [2.24, 2.45) is 0 Å². The number of anilines is 1. The first-order valence-corrected chi connectivity index (χ1v) is 12.7. The Morgan fingerprint density at radius 2 is 1.62 bits per heavy atom. The molecular formula is C27H25IN4O2. The maximum atomic E-state index is 12.7. The van der Waals surface area contributed by atoms with Crippen LogP contribution in [0.4, 0.5) is 5.69 Å². The van der Waals surface area contributed by atoms with Crippen molar-refractivity contribution in [2.75, 3.05) is 5.32 Å². The number of imidazole rings is 1. The van der Waals surface area contributed by atoms with E-state index in [1.165, 1.54) is 12.8 Å². The molecule has 0 radical (unpaired) electrons. The number of nitrogens with one attached hydrogen (secondary N) is 3. The second kappa shape index (κ2) is 9.97. The number of amides is 2. The van der Waals surface area contributed by atoms with Crippen molar-refractivity contribution in [1.82, 2.24) is 15.3 Å². The van der Waals surface area contributed by atoms with Crippen molar-refractivity contribution < 1.29 is 9.59 Å². The summed E-state index contributed by atoms with van der Waals surface area (Å²) in [7, 11) is 0. The largest absolute Gasteiger partial charge is 0.348 e. The molecule has 1 aromatic heterocycles. The molecule has 1 saturated carbocycles. The predicted molar refractivity (Wildman–Crippen MR) is 143 cm³/mol. The molecule has 2 amide bonds. The van der Waals surface area contributed by atoms with E-state index < -0.39 is 0 Å². The number of hydrogen-bond acceptors (Lipinski definition) is 3. The van der Waals surface area contributed by atoms with Crippen molar-refractivity contribution in [3.63, 3.8) is 0 Å². The van der Waals surface area contributed by atoms with E-state index >= 15 is 0 Å². The number of benzene rings is 3. The number of halogens is 1. The molecule has 1 fully saturated rings. The Labute approximate surface area is 211 Å². The lowest BCUT2D eigenvalue weighted by molar-refractivity contribution is 0.0930. The first-order valence-electron chi connectivity index (χ1n) is 11.5. The number of alkyl halides is 1. The van der Waals surface area contributed by atoms with Gasteiger partial charge in [-0.15, -0.1) is 0 Å². The molecule has 2 unspecified atom stereocenters. The second-order valence-electron chi connectivity index (χ2n) is 8.60. The minimum atomic E-state index is -0.175. The molecule has 1 aliphatic carbocycles. The Balaban J connectivity index is 1.30. The highest BCUT2D eigenvalue weighted by Gasteiger charge is 2.24. The van der Waals surface area contributed by atoms with Gasteiger partial charge in [0.2, 0.25) is 0 Å². The SMILES string of the molecule is O=C(Nc1ccccc1)c1ccc2nc(-c3ccc(C(=O)NC4CCCCC4I)cc3)[nH]c2c1. The van der Waals surface area contributed by atoms with E-state index in [-0.39, 0.29) is 17.9 Å². The number of para-hydroxylation sites is 1. The standard InChI is InChI=1S/C27H25IN4O2/c28-21-8-4-5-9-22(21)32-26(33)18-12-10-17(11-13-18)25-30-23-15-14-19(16-24(23)31-25)27(34)29-20-6-2-1-3-7-20/h1-3,6-7,10-16,21-22H,4-5,8-9H2,(H,29,34)(H,30,31)(H,32,33). The first kappa shape index (κ1) is 22.6. The van der Waals surface area contributed by atoms with Crippen LogP contribution in [-0.2, 0) is 0 Å². The van der Waals surface area contributed by atoms with Gasteiger partial charge in [-0.05, 0) is 55.3 Å². The van der Waals surface area contributed by atoms with Gasteiger partial charge in [-0.2, -0.15) is 0 Å². The van der Waals surface area contributed by atoms with Crippen LogP contribution < -0.4 is 10.6 Å². The molecule has 7 heteroatoms. The molecule has 4 aromatic rings. The van der Waals surface area contributed by atoms with Crippen LogP contribution in [-0.4, -0.2) is 31.7 Å². The summed E-state index contributed by atoms with van der Waals surface area (Å²) in [4.78, 5) is 33.3. The summed E-state index contributed by atoms with van der Waals surface area (Å²) < 4.78 is 0.491. The zero-order chi connectivity index (χ0) is 23.5. The number of fused-ring (bicyclic) bond motifs is 1. The highest BCUT2D eigenvalue weighted by molar-refractivity contribution is 14.1. The van der Waals surface area contributed by atoms with Crippen molar-refractivity contribution in [3.05, 3.63) is 83.9 Å². The highest BCUT2D eigenvalue weighted by atomic mass is 127. The van der Waals surface area contributed by atoms with Crippen LogP contribution in [0.5, 0.6) is 0 Å². The molecule has 3 N–H and O–H groups in total. The topological polar surface area (TPSA) is 86.9 Å². The third-order valence-corrected chi connectivity index (χ3v) is 7.69. The molecular weight excluding hydrogens is 539 g/mol. The van der Waals surface area contributed by atoms with E-state index in [1.807, 2.05) is 60.7 Å². The maximum Gasteiger partial charge on any atom is 0.255 e. The van der Waals surface area contributed by atoms with Gasteiger partial charge in [0.05, 0.1) is 11.0 Å². The van der Waals surface area contributed by atoms with Gasteiger partial charge in [0.25, 0.3) is 11.8 Å². The maximum absolute atomic E-state index is 12.7. The van der Waals surface area contributed by atoms with Gasteiger partial charge < -0.3 is 15.6 Å². The summed E-state index contributed by atoms with van der Waals surface area (Å²) in [5, 5.41) is 6.09. The average molecular weight is 564 g/mol. The van der Waals surface area contributed by atoms with Gasteiger partial charge in [-0.25, -0.2) is 4.98 Å². The van der Waals surface area contributed by atoms with Crippen LogP contribution in [0.1, 0.15) is 46.4 Å². The number of hydrogen-bond donors (Lipinski definition) is 3. The molecule has 0 aliphatic heterocycles. The van der Waals surface area contributed by atoms with Crippen molar-refractivity contribution in [3.8, 4) is 11.4 Å². The number of H-pyrrole nitrogens is 1. The molecule has 2 atom stereocenters. The lowest BCUT2D eigenvalue weighted by Crippen LogP contribution is -2.42. The number of carbonyl (C=O) groups excluding carboxylic acids is 2. The Morgan fingerprint density at radius 1 is 0.882 bits per heavy atom. The van der Waals surface area contributed by atoms with Gasteiger partial charge in [0.1, 0.15) is 5.82 Å². The van der Waals surface area contributed by atoms with Crippen LogP contribution in [0.25, 0.3) is 22.4 Å². The van der Waals surface area contributed by atoms with Gasteiger partial charge in [-0.3, -0.25) is 9.59 Å². The Hall–Kier alpha value is -3.20. The summed E-state index contributed by atoms with van der Waals surface area (Å²) in [6.45, 7) is 0. The van der Waals surface area contributed by atoms with Crippen LogP contribution >= 0.6 is 22.6 Å². The molecule has 34 heavy (non-hydrogen) atoms. The molecule has 1 heterocycles. The molecule has 6 nitrogen and oxygen atoms in total. The molecule has 1 aliphatic rings. The minimum absolute atomic E-state index is 0.0289. The van der Waals surface area contributed by atoms with E-state index in [0.29, 0.717) is 20.9 Å². The van der Waals surface area contributed by atoms with Gasteiger partial charge in [-0.1, -0.05) is 65.8 Å². The molecule has 0 spiro atoms. The van der Waals surface area contributed by atoms with Crippen LogP contribution in [0.2, 0.25) is 0 Å². The zero-order valence-corrected chi connectivity index (χ0v) is 20.7. The van der Waals surface area contributed by atoms with E-state index in [4.69, 9.17) is 0 Å². The monoisotopic (exact) mass is 564 g/mol. The van der Waals surface area contributed by atoms with Crippen molar-refractivity contribution >= 4 is 51.1 Å². The van der Waals surface area contributed by atoms with Crippen LogP contribution in [0.3, 0.4) is 0 Å². The first-order chi connectivity index (χ1) is 16.6. The zero-order valence-electron chi connectivity index (χ0n) is 18.6. The van der Waals surface area contributed by atoms with Crippen molar-refractivity contribution in [2.45, 2.75) is 35.6 Å². The Kier molecular flexibility index (Phi) is 6.62. The van der Waals surface area contributed by atoms with Crippen LogP contribution in [0, 0.1) is 0 Å². The summed E-state index contributed by atoms with van der Waals surface area (Å²) in [6.07, 6.45) is 4.62.